The topological polar surface area (TPSA) is 65.3 Å². The zero-order valence-corrected chi connectivity index (χ0v) is 12.9. The van der Waals surface area contributed by atoms with Gasteiger partial charge in [-0.25, -0.2) is 0 Å². The quantitative estimate of drug-likeness (QED) is 0.530. The molecule has 1 aliphatic carbocycles. The van der Waals surface area contributed by atoms with Gasteiger partial charge in [0.1, 0.15) is 5.75 Å². The van der Waals surface area contributed by atoms with Crippen molar-refractivity contribution in [2.24, 2.45) is 10.2 Å². The number of para-hydroxylation sites is 1. The van der Waals surface area contributed by atoms with Crippen molar-refractivity contribution < 1.29 is 9.90 Å². The molecule has 3 rings (SSSR count). The second kappa shape index (κ2) is 6.79. The van der Waals surface area contributed by atoms with Crippen LogP contribution in [0.25, 0.3) is 0 Å². The molecule has 1 atom stereocenters. The Kier molecular flexibility index (Phi) is 4.58. The van der Waals surface area contributed by atoms with Gasteiger partial charge in [-0.15, -0.1) is 5.10 Å². The van der Waals surface area contributed by atoms with E-state index >= 15 is 0 Å². The van der Waals surface area contributed by atoms with Gasteiger partial charge in [-0.2, -0.15) is 5.10 Å². The van der Waals surface area contributed by atoms with Gasteiger partial charge in [0.2, 0.25) is 5.91 Å². The second-order valence-electron chi connectivity index (χ2n) is 5.16. The molecule has 114 valence electrons. The maximum absolute atomic E-state index is 12.1. The minimum atomic E-state index is 0.0815. The van der Waals surface area contributed by atoms with Crippen LogP contribution in [0, 0.1) is 0 Å². The predicted octanol–water partition coefficient (Wildman–Crippen LogP) is 2.77. The maximum Gasteiger partial charge on any atom is 0.239 e. The molecule has 0 bridgehead atoms. The molecule has 1 fully saturated rings. The Morgan fingerprint density at radius 2 is 2.23 bits per heavy atom. The van der Waals surface area contributed by atoms with Crippen molar-refractivity contribution in [2.45, 2.75) is 25.3 Å². The summed E-state index contributed by atoms with van der Waals surface area (Å²) in [5.41, 5.74) is 0.602. The normalized spacial score (nSPS) is 23.8. The van der Waals surface area contributed by atoms with Crippen LogP contribution in [0.5, 0.6) is 5.75 Å². The first-order valence-corrected chi connectivity index (χ1v) is 8.25. The van der Waals surface area contributed by atoms with Gasteiger partial charge in [-0.05, 0) is 31.4 Å². The van der Waals surface area contributed by atoms with E-state index in [1.807, 2.05) is 6.07 Å². The van der Waals surface area contributed by atoms with Crippen LogP contribution in [-0.2, 0) is 4.79 Å². The molecule has 1 aliphatic heterocycles. The van der Waals surface area contributed by atoms with Crippen molar-refractivity contribution in [2.75, 3.05) is 5.75 Å². The zero-order valence-electron chi connectivity index (χ0n) is 12.1. The molecule has 1 amide bonds. The van der Waals surface area contributed by atoms with Crippen LogP contribution < -0.4 is 0 Å². The van der Waals surface area contributed by atoms with E-state index < -0.39 is 0 Å². The SMILES string of the molecule is O=C1CS/C(=N/N=C\c2ccccc2O)N1[C@@H]1C=CCCC1. The molecule has 2 aliphatic rings. The molecule has 5 nitrogen and oxygen atoms in total. The third-order valence-electron chi connectivity index (χ3n) is 3.64. The largest absolute Gasteiger partial charge is 0.507 e. The summed E-state index contributed by atoms with van der Waals surface area (Å²) in [6.45, 7) is 0. The lowest BCUT2D eigenvalue weighted by atomic mass is 10.0. The third kappa shape index (κ3) is 3.22. The number of carbonyl (C=O) groups excluding carboxylic acids is 1. The molecular weight excluding hydrogens is 298 g/mol. The monoisotopic (exact) mass is 315 g/mol. The first-order valence-electron chi connectivity index (χ1n) is 7.26. The first-order chi connectivity index (χ1) is 10.8. The highest BCUT2D eigenvalue weighted by atomic mass is 32.2. The lowest BCUT2D eigenvalue weighted by Gasteiger charge is -2.26. The fraction of sp³-hybridized carbons (Fsp3) is 0.312. The summed E-state index contributed by atoms with van der Waals surface area (Å²) in [7, 11) is 0. The van der Waals surface area contributed by atoms with Gasteiger partial charge in [0.25, 0.3) is 0 Å². The van der Waals surface area contributed by atoms with Crippen LogP contribution in [0.3, 0.4) is 0 Å². The lowest BCUT2D eigenvalue weighted by Crippen LogP contribution is -2.39. The van der Waals surface area contributed by atoms with Crippen molar-refractivity contribution >= 4 is 29.1 Å². The number of rotatable bonds is 3. The summed E-state index contributed by atoms with van der Waals surface area (Å²) in [6.07, 6.45) is 8.82. The summed E-state index contributed by atoms with van der Waals surface area (Å²) in [4.78, 5) is 13.8. The van der Waals surface area contributed by atoms with E-state index in [-0.39, 0.29) is 17.7 Å². The highest BCUT2D eigenvalue weighted by molar-refractivity contribution is 8.15. The first kappa shape index (κ1) is 14.8. The van der Waals surface area contributed by atoms with E-state index in [1.165, 1.54) is 18.0 Å². The molecule has 1 aromatic carbocycles. The Hall–Kier alpha value is -2.08. The number of carbonyl (C=O) groups is 1. The van der Waals surface area contributed by atoms with Crippen LogP contribution in [0.1, 0.15) is 24.8 Å². The van der Waals surface area contributed by atoms with Gasteiger partial charge in [-0.3, -0.25) is 9.69 Å². The number of aromatic hydroxyl groups is 1. The van der Waals surface area contributed by atoms with Gasteiger partial charge < -0.3 is 5.11 Å². The third-order valence-corrected chi connectivity index (χ3v) is 4.56. The van der Waals surface area contributed by atoms with Crippen LogP contribution in [0.4, 0.5) is 0 Å². The van der Waals surface area contributed by atoms with Crippen molar-refractivity contribution in [1.82, 2.24) is 4.90 Å². The van der Waals surface area contributed by atoms with Crippen molar-refractivity contribution in [3.63, 3.8) is 0 Å². The number of amidine groups is 1. The van der Waals surface area contributed by atoms with Gasteiger partial charge in [-0.1, -0.05) is 36.0 Å². The molecule has 1 saturated heterocycles. The molecule has 0 aromatic heterocycles. The maximum atomic E-state index is 12.1. The lowest BCUT2D eigenvalue weighted by molar-refractivity contribution is -0.125. The van der Waals surface area contributed by atoms with Crippen molar-refractivity contribution in [3.8, 4) is 5.75 Å². The molecule has 0 radical (unpaired) electrons. The number of hydrogen-bond donors (Lipinski definition) is 1. The van der Waals surface area contributed by atoms with Crippen molar-refractivity contribution in [1.29, 1.82) is 0 Å². The molecule has 6 heteroatoms. The molecular formula is C16H17N3O2S. The van der Waals surface area contributed by atoms with E-state index in [2.05, 4.69) is 22.4 Å². The smallest absolute Gasteiger partial charge is 0.239 e. The highest BCUT2D eigenvalue weighted by Crippen LogP contribution is 2.27. The molecule has 0 unspecified atom stereocenters. The summed E-state index contributed by atoms with van der Waals surface area (Å²) in [5, 5.41) is 18.5. The summed E-state index contributed by atoms with van der Waals surface area (Å²) >= 11 is 1.41. The van der Waals surface area contributed by atoms with E-state index in [0.717, 1.165) is 19.3 Å². The number of allylic oxidation sites excluding steroid dienone is 1. The van der Waals surface area contributed by atoms with Crippen LogP contribution in [0.15, 0.2) is 46.6 Å². The van der Waals surface area contributed by atoms with Crippen LogP contribution >= 0.6 is 11.8 Å². The van der Waals surface area contributed by atoms with Gasteiger partial charge in [0, 0.05) is 5.56 Å². The summed E-state index contributed by atoms with van der Waals surface area (Å²) in [6, 6.07) is 7.02. The summed E-state index contributed by atoms with van der Waals surface area (Å²) in [5.74, 6) is 0.654. The number of nitrogens with zero attached hydrogens (tertiary/aromatic N) is 3. The van der Waals surface area contributed by atoms with Gasteiger partial charge in [0.15, 0.2) is 5.17 Å². The number of thioether (sulfide) groups is 1. The van der Waals surface area contributed by atoms with Crippen LogP contribution in [-0.4, -0.2) is 39.1 Å². The fourth-order valence-electron chi connectivity index (χ4n) is 2.52. The number of phenolic OH excluding ortho intramolecular Hbond substituents is 1. The molecule has 1 N–H and O–H groups in total. The Morgan fingerprint density at radius 3 is 3.00 bits per heavy atom. The number of amides is 1. The number of benzene rings is 1. The van der Waals surface area contributed by atoms with Gasteiger partial charge >= 0.3 is 0 Å². The van der Waals surface area contributed by atoms with Crippen LogP contribution in [0.2, 0.25) is 0 Å². The Bertz CT molecular complexity index is 655. The predicted molar refractivity (Wildman–Crippen MR) is 89.2 cm³/mol. The molecule has 1 heterocycles. The Labute approximate surface area is 133 Å². The molecule has 1 aromatic rings. The Balaban J connectivity index is 1.77. The number of phenols is 1. The van der Waals surface area contributed by atoms with E-state index in [0.29, 0.717) is 16.5 Å². The average molecular weight is 315 g/mol. The van der Waals surface area contributed by atoms with E-state index in [1.54, 1.807) is 23.1 Å². The molecule has 0 saturated carbocycles. The number of hydrogen-bond acceptors (Lipinski definition) is 5. The van der Waals surface area contributed by atoms with Gasteiger partial charge in [0.05, 0.1) is 18.0 Å². The fourth-order valence-corrected chi connectivity index (χ4v) is 3.40. The van der Waals surface area contributed by atoms with E-state index in [9.17, 15) is 9.90 Å². The standard InChI is InChI=1S/C16H17N3O2S/c20-14-9-5-4-6-12(14)10-17-18-16-19(15(21)11-22-16)13-7-2-1-3-8-13/h2,4-7,9-10,13,20H,1,3,8,11H2/b17-10-,18-16+/t13-/m1/s1. The minimum absolute atomic E-state index is 0.0815. The highest BCUT2D eigenvalue weighted by Gasteiger charge is 2.33. The average Bonchev–Trinajstić information content (AvgIpc) is 2.91. The van der Waals surface area contributed by atoms with Crippen molar-refractivity contribution in [3.05, 3.63) is 42.0 Å². The zero-order chi connectivity index (χ0) is 15.4. The molecule has 22 heavy (non-hydrogen) atoms. The Morgan fingerprint density at radius 1 is 1.36 bits per heavy atom. The van der Waals surface area contributed by atoms with E-state index in [4.69, 9.17) is 0 Å². The minimum Gasteiger partial charge on any atom is -0.507 e. The molecule has 0 spiro atoms. The second-order valence-corrected chi connectivity index (χ2v) is 6.11. The summed E-state index contributed by atoms with van der Waals surface area (Å²) < 4.78 is 0.